The van der Waals surface area contributed by atoms with Crippen LogP contribution in [0.1, 0.15) is 12.0 Å². The van der Waals surface area contributed by atoms with Crippen LogP contribution in [-0.4, -0.2) is 76.0 Å². The van der Waals surface area contributed by atoms with Crippen LogP contribution >= 0.6 is 11.6 Å². The zero-order valence-corrected chi connectivity index (χ0v) is 14.0. The summed E-state index contributed by atoms with van der Waals surface area (Å²) in [7, 11) is 0. The average Bonchev–Trinajstić information content (AvgIpc) is 2.97. The predicted octanol–water partition coefficient (Wildman–Crippen LogP) is 0.328. The molecule has 3 aliphatic rings. The van der Waals surface area contributed by atoms with E-state index in [1.54, 1.807) is 9.80 Å². The highest BCUT2D eigenvalue weighted by atomic mass is 35.5. The molecule has 3 saturated heterocycles. The molecule has 2 amide bonds. The largest absolute Gasteiger partial charge is 0.391 e. The van der Waals surface area contributed by atoms with E-state index in [1.807, 2.05) is 24.3 Å². The molecule has 0 aliphatic carbocycles. The Morgan fingerprint density at radius 1 is 1.04 bits per heavy atom. The number of halogens is 1. The number of hydrogen-bond acceptors (Lipinski definition) is 4. The van der Waals surface area contributed by atoms with E-state index in [4.69, 9.17) is 11.6 Å². The van der Waals surface area contributed by atoms with E-state index in [-0.39, 0.29) is 18.4 Å². The Hall–Kier alpha value is -1.63. The zero-order chi connectivity index (χ0) is 16.8. The van der Waals surface area contributed by atoms with Crippen molar-refractivity contribution >= 4 is 23.4 Å². The number of benzene rings is 1. The van der Waals surface area contributed by atoms with E-state index < -0.39 is 18.2 Å². The minimum Gasteiger partial charge on any atom is -0.391 e. The molecule has 6 nitrogen and oxygen atoms in total. The van der Waals surface area contributed by atoms with Crippen LogP contribution in [-0.2, 0) is 16.1 Å². The summed E-state index contributed by atoms with van der Waals surface area (Å²) in [6.07, 6.45) is -0.236. The highest BCUT2D eigenvalue weighted by Gasteiger charge is 2.51. The zero-order valence-electron chi connectivity index (χ0n) is 13.3. The molecule has 24 heavy (non-hydrogen) atoms. The second-order valence-electron chi connectivity index (χ2n) is 6.77. The Kier molecular flexibility index (Phi) is 3.98. The summed E-state index contributed by atoms with van der Waals surface area (Å²) in [6, 6.07) is 6.76. The normalized spacial score (nSPS) is 30.5. The number of fused-ring (bicyclic) bond motifs is 2. The molecule has 0 spiro atoms. The number of aliphatic hydroxyl groups is 1. The Balaban J connectivity index is 1.51. The maximum Gasteiger partial charge on any atom is 0.247 e. The molecular weight excluding hydrogens is 330 g/mol. The van der Waals surface area contributed by atoms with Crippen molar-refractivity contribution in [3.63, 3.8) is 0 Å². The number of nitrogens with zero attached hydrogens (tertiary/aromatic N) is 3. The van der Waals surface area contributed by atoms with E-state index in [0.29, 0.717) is 31.1 Å². The molecule has 0 unspecified atom stereocenters. The minimum absolute atomic E-state index is 0.0199. The first kappa shape index (κ1) is 15.9. The number of rotatable bonds is 2. The van der Waals surface area contributed by atoms with Crippen molar-refractivity contribution in [2.75, 3.05) is 26.2 Å². The summed E-state index contributed by atoms with van der Waals surface area (Å²) in [5, 5.41) is 10.5. The first-order valence-corrected chi connectivity index (χ1v) is 8.67. The van der Waals surface area contributed by atoms with Crippen molar-refractivity contribution in [2.24, 2.45) is 0 Å². The van der Waals surface area contributed by atoms with Crippen LogP contribution in [0, 0.1) is 0 Å². The third-order valence-corrected chi connectivity index (χ3v) is 5.60. The van der Waals surface area contributed by atoms with Gasteiger partial charge in [0.1, 0.15) is 12.1 Å². The fraction of sp³-hybridized carbons (Fsp3) is 0.529. The molecule has 3 fully saturated rings. The molecule has 3 atom stereocenters. The third-order valence-electron chi connectivity index (χ3n) is 5.23. The molecule has 0 bridgehead atoms. The third kappa shape index (κ3) is 2.59. The standard InChI is InChI=1S/C17H20ClN3O3/c18-13-4-2-1-3-11(13)8-19-5-6-20-15(10-19)17(24)21-9-12(22)7-14(21)16(20)23/h1-4,12,14-15,22H,5-10H2/t12-,14+,15-/m1/s1. The van der Waals surface area contributed by atoms with Gasteiger partial charge < -0.3 is 14.9 Å². The molecule has 3 heterocycles. The Morgan fingerprint density at radius 2 is 1.79 bits per heavy atom. The monoisotopic (exact) mass is 349 g/mol. The van der Waals surface area contributed by atoms with Gasteiger partial charge in [0.15, 0.2) is 0 Å². The van der Waals surface area contributed by atoms with Crippen LogP contribution in [0.4, 0.5) is 0 Å². The van der Waals surface area contributed by atoms with Crippen molar-refractivity contribution < 1.29 is 14.7 Å². The number of carbonyl (C=O) groups excluding carboxylic acids is 2. The Labute approximate surface area is 145 Å². The van der Waals surface area contributed by atoms with E-state index in [2.05, 4.69) is 4.90 Å². The van der Waals surface area contributed by atoms with Gasteiger partial charge in [0.2, 0.25) is 11.8 Å². The highest BCUT2D eigenvalue weighted by molar-refractivity contribution is 6.31. The summed E-state index contributed by atoms with van der Waals surface area (Å²) in [5.74, 6) is -0.0615. The van der Waals surface area contributed by atoms with E-state index in [0.717, 1.165) is 12.1 Å². The lowest BCUT2D eigenvalue weighted by Gasteiger charge is -2.47. The molecule has 0 aromatic heterocycles. The first-order valence-electron chi connectivity index (χ1n) is 8.29. The lowest BCUT2D eigenvalue weighted by atomic mass is 10.0. The van der Waals surface area contributed by atoms with Crippen LogP contribution in [0.2, 0.25) is 5.02 Å². The number of piperazine rings is 2. The van der Waals surface area contributed by atoms with Gasteiger partial charge in [-0.15, -0.1) is 0 Å². The highest BCUT2D eigenvalue weighted by Crippen LogP contribution is 2.29. The maximum absolute atomic E-state index is 12.8. The van der Waals surface area contributed by atoms with Crippen LogP contribution in [0.15, 0.2) is 24.3 Å². The minimum atomic E-state index is -0.594. The van der Waals surface area contributed by atoms with Gasteiger partial charge in [0.05, 0.1) is 6.10 Å². The summed E-state index contributed by atoms with van der Waals surface area (Å²) in [5.41, 5.74) is 1.02. The SMILES string of the molecule is O=C1[C@@H]2C[C@@H](O)CN2C(=O)[C@H]2CN(Cc3ccccc3Cl)CCN12. The molecule has 3 aliphatic heterocycles. The van der Waals surface area contributed by atoms with Crippen LogP contribution in [0.3, 0.4) is 0 Å². The lowest BCUT2D eigenvalue weighted by molar-refractivity contribution is -0.163. The fourth-order valence-electron chi connectivity index (χ4n) is 4.00. The van der Waals surface area contributed by atoms with Crippen molar-refractivity contribution in [1.29, 1.82) is 0 Å². The maximum atomic E-state index is 12.8. The van der Waals surface area contributed by atoms with E-state index in [9.17, 15) is 14.7 Å². The molecule has 0 radical (unpaired) electrons. The van der Waals surface area contributed by atoms with Crippen LogP contribution in [0.5, 0.6) is 0 Å². The lowest BCUT2D eigenvalue weighted by Crippen LogP contribution is -2.68. The van der Waals surface area contributed by atoms with Crippen LogP contribution < -0.4 is 0 Å². The van der Waals surface area contributed by atoms with Crippen molar-refractivity contribution in [1.82, 2.24) is 14.7 Å². The van der Waals surface area contributed by atoms with Crippen LogP contribution in [0.25, 0.3) is 0 Å². The summed E-state index contributed by atoms with van der Waals surface area (Å²) in [6.45, 7) is 2.70. The molecular formula is C17H20ClN3O3. The fourth-order valence-corrected chi connectivity index (χ4v) is 4.20. The molecule has 1 aromatic rings. The predicted molar refractivity (Wildman–Crippen MR) is 88.4 cm³/mol. The van der Waals surface area contributed by atoms with E-state index in [1.165, 1.54) is 0 Å². The smallest absolute Gasteiger partial charge is 0.247 e. The van der Waals surface area contributed by atoms with Crippen molar-refractivity contribution in [2.45, 2.75) is 31.2 Å². The number of aliphatic hydroxyl groups excluding tert-OH is 1. The molecule has 4 rings (SSSR count). The second kappa shape index (κ2) is 6.02. The quantitative estimate of drug-likeness (QED) is 0.835. The van der Waals surface area contributed by atoms with Gasteiger partial charge in [-0.05, 0) is 11.6 Å². The summed E-state index contributed by atoms with van der Waals surface area (Å²) in [4.78, 5) is 30.8. The second-order valence-corrected chi connectivity index (χ2v) is 7.18. The molecule has 1 aromatic carbocycles. The number of hydrogen-bond donors (Lipinski definition) is 1. The van der Waals surface area contributed by atoms with Crippen molar-refractivity contribution in [3.8, 4) is 0 Å². The van der Waals surface area contributed by atoms with Gasteiger partial charge in [-0.2, -0.15) is 0 Å². The molecule has 0 saturated carbocycles. The number of carbonyl (C=O) groups is 2. The molecule has 1 N–H and O–H groups in total. The van der Waals surface area contributed by atoms with Gasteiger partial charge in [-0.1, -0.05) is 29.8 Å². The summed E-state index contributed by atoms with van der Waals surface area (Å²) < 4.78 is 0. The van der Waals surface area contributed by atoms with Crippen molar-refractivity contribution in [3.05, 3.63) is 34.9 Å². The Bertz CT molecular complexity index is 683. The number of amides is 2. The van der Waals surface area contributed by atoms with E-state index >= 15 is 0 Å². The molecule has 128 valence electrons. The summed E-state index contributed by atoms with van der Waals surface area (Å²) >= 11 is 6.23. The Morgan fingerprint density at radius 3 is 2.58 bits per heavy atom. The topological polar surface area (TPSA) is 64.1 Å². The van der Waals surface area contributed by atoms with Gasteiger partial charge in [-0.25, -0.2) is 0 Å². The van der Waals surface area contributed by atoms with Gasteiger partial charge in [-0.3, -0.25) is 14.5 Å². The van der Waals surface area contributed by atoms with Gasteiger partial charge in [0, 0.05) is 44.2 Å². The van der Waals surface area contributed by atoms with Gasteiger partial charge in [0.25, 0.3) is 0 Å². The molecule has 7 heteroatoms. The first-order chi connectivity index (χ1) is 11.5. The van der Waals surface area contributed by atoms with Gasteiger partial charge >= 0.3 is 0 Å². The average molecular weight is 350 g/mol.